The van der Waals surface area contributed by atoms with Gasteiger partial charge in [0, 0.05) is 30.5 Å². The van der Waals surface area contributed by atoms with E-state index in [4.69, 9.17) is 9.15 Å². The van der Waals surface area contributed by atoms with E-state index in [9.17, 15) is 20.1 Å². The molecule has 0 radical (unpaired) electrons. The first kappa shape index (κ1) is 19.6. The zero-order valence-corrected chi connectivity index (χ0v) is 17.0. The molecule has 0 bridgehead atoms. The van der Waals surface area contributed by atoms with E-state index in [1.165, 1.54) is 0 Å². The maximum absolute atomic E-state index is 12.4. The predicted octanol–water partition coefficient (Wildman–Crippen LogP) is 3.44. The number of hydrogen-bond donors (Lipinski definition) is 3. The lowest BCUT2D eigenvalue weighted by Gasteiger charge is -2.40. The topological polar surface area (TPSA) is 100 Å². The summed E-state index contributed by atoms with van der Waals surface area (Å²) in [5.41, 5.74) is 0.134. The molecule has 6 nitrogen and oxygen atoms in total. The van der Waals surface area contributed by atoms with Gasteiger partial charge in [-0.3, -0.25) is 4.79 Å². The van der Waals surface area contributed by atoms with E-state index in [2.05, 4.69) is 6.07 Å². The standard InChI is InChI=1S/C25H22O6/c1-25(12-14-6-7-15-4-2-3-5-16(15)8-14)22(28)10-18-20(31-25)11-21-23(24(18)29)19(27)9-17(13-26)30-21/h2-9,11,22,26,28-29H,10,12-13H2,1H3/t22-,25-/m1/s1. The molecule has 1 aliphatic rings. The molecule has 2 atom stereocenters. The fourth-order valence-corrected chi connectivity index (χ4v) is 4.37. The van der Waals surface area contributed by atoms with E-state index in [0.717, 1.165) is 22.4 Å². The van der Waals surface area contributed by atoms with Gasteiger partial charge >= 0.3 is 0 Å². The van der Waals surface area contributed by atoms with Gasteiger partial charge in [-0.1, -0.05) is 42.5 Å². The Labute approximate surface area is 177 Å². The number of benzene rings is 3. The van der Waals surface area contributed by atoms with Gasteiger partial charge in [-0.2, -0.15) is 0 Å². The molecular formula is C25H22O6. The second-order valence-corrected chi connectivity index (χ2v) is 8.30. The minimum Gasteiger partial charge on any atom is -0.507 e. The van der Waals surface area contributed by atoms with Crippen LogP contribution in [0.1, 0.15) is 23.8 Å². The summed E-state index contributed by atoms with van der Waals surface area (Å²) in [6.07, 6.45) is -0.293. The van der Waals surface area contributed by atoms with Gasteiger partial charge in [0.15, 0.2) is 5.43 Å². The number of phenols is 1. The fourth-order valence-electron chi connectivity index (χ4n) is 4.37. The highest BCUT2D eigenvalue weighted by Crippen LogP contribution is 2.43. The molecule has 31 heavy (non-hydrogen) atoms. The van der Waals surface area contributed by atoms with Gasteiger partial charge in [0.1, 0.15) is 40.4 Å². The lowest BCUT2D eigenvalue weighted by Crippen LogP contribution is -2.50. The van der Waals surface area contributed by atoms with E-state index >= 15 is 0 Å². The van der Waals surface area contributed by atoms with Crippen LogP contribution in [0.25, 0.3) is 21.7 Å². The molecule has 6 heteroatoms. The first-order valence-electron chi connectivity index (χ1n) is 10.1. The molecule has 0 unspecified atom stereocenters. The van der Waals surface area contributed by atoms with Crippen molar-refractivity contribution in [1.29, 1.82) is 0 Å². The van der Waals surface area contributed by atoms with Crippen LogP contribution >= 0.6 is 0 Å². The monoisotopic (exact) mass is 418 g/mol. The zero-order chi connectivity index (χ0) is 21.8. The molecule has 3 N–H and O–H groups in total. The summed E-state index contributed by atoms with van der Waals surface area (Å²) in [5.74, 6) is 0.209. The normalized spacial score (nSPS) is 20.5. The van der Waals surface area contributed by atoms with E-state index in [1.807, 2.05) is 43.3 Å². The van der Waals surface area contributed by atoms with E-state index in [0.29, 0.717) is 17.7 Å². The van der Waals surface area contributed by atoms with Crippen LogP contribution in [-0.4, -0.2) is 27.0 Å². The molecule has 0 amide bonds. The molecule has 2 heterocycles. The predicted molar refractivity (Wildman–Crippen MR) is 116 cm³/mol. The maximum Gasteiger partial charge on any atom is 0.196 e. The molecule has 3 aromatic carbocycles. The van der Waals surface area contributed by atoms with Crippen LogP contribution in [0, 0.1) is 0 Å². The van der Waals surface area contributed by atoms with Gasteiger partial charge in [-0.05, 0) is 23.3 Å². The highest BCUT2D eigenvalue weighted by molar-refractivity contribution is 5.87. The highest BCUT2D eigenvalue weighted by Gasteiger charge is 2.41. The average Bonchev–Trinajstić information content (AvgIpc) is 2.75. The minimum absolute atomic E-state index is 0.0184. The van der Waals surface area contributed by atoms with Crippen molar-refractivity contribution in [2.24, 2.45) is 0 Å². The van der Waals surface area contributed by atoms with Gasteiger partial charge in [0.25, 0.3) is 0 Å². The van der Waals surface area contributed by atoms with Crippen molar-refractivity contribution in [2.45, 2.75) is 38.1 Å². The van der Waals surface area contributed by atoms with Gasteiger partial charge in [-0.15, -0.1) is 0 Å². The van der Waals surface area contributed by atoms with Crippen molar-refractivity contribution in [2.75, 3.05) is 0 Å². The van der Waals surface area contributed by atoms with Crippen molar-refractivity contribution in [1.82, 2.24) is 0 Å². The van der Waals surface area contributed by atoms with Crippen LogP contribution in [0.15, 0.2) is 63.8 Å². The molecule has 0 fully saturated rings. The van der Waals surface area contributed by atoms with Gasteiger partial charge < -0.3 is 24.5 Å². The lowest BCUT2D eigenvalue weighted by atomic mass is 9.83. The largest absolute Gasteiger partial charge is 0.507 e. The third-order valence-corrected chi connectivity index (χ3v) is 6.08. The molecule has 1 aliphatic heterocycles. The van der Waals surface area contributed by atoms with Gasteiger partial charge in [0.2, 0.25) is 0 Å². The third kappa shape index (κ3) is 3.24. The van der Waals surface area contributed by atoms with Crippen LogP contribution in [0.4, 0.5) is 0 Å². The van der Waals surface area contributed by atoms with Crippen LogP contribution in [0.5, 0.6) is 11.5 Å². The van der Waals surface area contributed by atoms with Crippen molar-refractivity contribution in [3.05, 3.63) is 81.7 Å². The molecule has 1 aromatic heterocycles. The molecule has 158 valence electrons. The number of rotatable bonds is 3. The van der Waals surface area contributed by atoms with Crippen molar-refractivity contribution < 1.29 is 24.5 Å². The zero-order valence-electron chi connectivity index (χ0n) is 17.0. The molecule has 0 aliphatic carbocycles. The second kappa shape index (κ2) is 7.11. The Bertz CT molecular complexity index is 1370. The van der Waals surface area contributed by atoms with Crippen molar-refractivity contribution in [3.63, 3.8) is 0 Å². The number of ether oxygens (including phenoxy) is 1. The Morgan fingerprint density at radius 1 is 1.10 bits per heavy atom. The summed E-state index contributed by atoms with van der Waals surface area (Å²) in [5, 5.41) is 33.2. The van der Waals surface area contributed by atoms with Crippen LogP contribution < -0.4 is 10.2 Å². The van der Waals surface area contributed by atoms with E-state index in [-0.39, 0.29) is 28.9 Å². The summed E-state index contributed by atoms with van der Waals surface area (Å²) >= 11 is 0. The SMILES string of the molecule is C[C@]1(Cc2ccc3ccccc3c2)Oc2cc3oc(CO)cc(=O)c3c(O)c2C[C@H]1O. The van der Waals surface area contributed by atoms with E-state index in [1.54, 1.807) is 6.07 Å². The Hall–Kier alpha value is -3.35. The Kier molecular flexibility index (Phi) is 4.50. The summed E-state index contributed by atoms with van der Waals surface area (Å²) in [4.78, 5) is 12.4. The number of hydrogen-bond acceptors (Lipinski definition) is 6. The van der Waals surface area contributed by atoms with Crippen LogP contribution in [0.3, 0.4) is 0 Å². The molecular weight excluding hydrogens is 396 g/mol. The number of fused-ring (bicyclic) bond motifs is 3. The number of aliphatic hydroxyl groups is 2. The number of aromatic hydroxyl groups is 1. The fraction of sp³-hybridized carbons (Fsp3) is 0.240. The highest BCUT2D eigenvalue weighted by atomic mass is 16.5. The van der Waals surface area contributed by atoms with Gasteiger partial charge in [-0.25, -0.2) is 0 Å². The minimum atomic E-state index is -0.940. The van der Waals surface area contributed by atoms with Gasteiger partial charge in [0.05, 0.1) is 6.10 Å². The molecule has 5 rings (SSSR count). The third-order valence-electron chi connectivity index (χ3n) is 6.08. The van der Waals surface area contributed by atoms with Crippen LogP contribution in [-0.2, 0) is 19.4 Å². The van der Waals surface area contributed by atoms with E-state index < -0.39 is 23.7 Å². The molecule has 0 spiro atoms. The first-order chi connectivity index (χ1) is 14.9. The molecule has 4 aromatic rings. The summed E-state index contributed by atoms with van der Waals surface area (Å²) < 4.78 is 11.8. The summed E-state index contributed by atoms with van der Waals surface area (Å²) in [7, 11) is 0. The maximum atomic E-state index is 12.4. The molecule has 0 saturated heterocycles. The summed E-state index contributed by atoms with van der Waals surface area (Å²) in [6, 6.07) is 16.9. The number of aliphatic hydroxyl groups excluding tert-OH is 2. The number of phenolic OH excluding ortho intramolecular Hbond substituents is 1. The Morgan fingerprint density at radius 3 is 2.65 bits per heavy atom. The quantitative estimate of drug-likeness (QED) is 0.471. The molecule has 0 saturated carbocycles. The van der Waals surface area contributed by atoms with Crippen molar-refractivity contribution in [3.8, 4) is 11.5 Å². The summed E-state index contributed by atoms with van der Waals surface area (Å²) in [6.45, 7) is 1.40. The Balaban J connectivity index is 1.56. The average molecular weight is 418 g/mol. The first-order valence-corrected chi connectivity index (χ1v) is 10.1. The smallest absolute Gasteiger partial charge is 0.196 e. The lowest BCUT2D eigenvalue weighted by molar-refractivity contribution is -0.0541. The second-order valence-electron chi connectivity index (χ2n) is 8.30. The Morgan fingerprint density at radius 2 is 1.87 bits per heavy atom. The van der Waals surface area contributed by atoms with Crippen molar-refractivity contribution >= 4 is 21.7 Å². The van der Waals surface area contributed by atoms with Crippen LogP contribution in [0.2, 0.25) is 0 Å².